The molecule has 2 N–H and O–H groups in total. The summed E-state index contributed by atoms with van der Waals surface area (Å²) in [6.45, 7) is 0.827. The number of urea groups is 1. The number of amides is 2. The van der Waals surface area contributed by atoms with E-state index in [9.17, 15) is 4.79 Å². The van der Waals surface area contributed by atoms with Gasteiger partial charge in [0, 0.05) is 25.5 Å². The molecule has 1 atom stereocenters. The van der Waals surface area contributed by atoms with Gasteiger partial charge in [-0.05, 0) is 46.2 Å². The molecule has 3 aromatic rings. The molecule has 0 aliphatic heterocycles. The van der Waals surface area contributed by atoms with Gasteiger partial charge in [0.05, 0.1) is 20.3 Å². The van der Waals surface area contributed by atoms with Crippen LogP contribution in [0.1, 0.15) is 17.2 Å². The first-order chi connectivity index (χ1) is 13.2. The Morgan fingerprint density at radius 2 is 2.07 bits per heavy atom. The van der Waals surface area contributed by atoms with Crippen LogP contribution in [0.15, 0.2) is 53.5 Å². The Morgan fingerprint density at radius 3 is 2.74 bits per heavy atom. The van der Waals surface area contributed by atoms with Crippen molar-refractivity contribution in [3.8, 4) is 11.5 Å². The van der Waals surface area contributed by atoms with Crippen LogP contribution in [0.2, 0.25) is 0 Å². The third-order valence-electron chi connectivity index (χ3n) is 4.13. The van der Waals surface area contributed by atoms with Gasteiger partial charge in [0.15, 0.2) is 11.5 Å². The molecule has 2 amide bonds. The van der Waals surface area contributed by atoms with Crippen molar-refractivity contribution in [2.24, 2.45) is 0 Å². The van der Waals surface area contributed by atoms with Crippen LogP contribution < -0.4 is 20.1 Å². The fraction of sp³-hybridized carbons (Fsp3) is 0.263. The average molecular weight is 386 g/mol. The summed E-state index contributed by atoms with van der Waals surface area (Å²) >= 11 is 1.62. The van der Waals surface area contributed by atoms with E-state index in [0.717, 1.165) is 11.1 Å². The number of hydrogen-bond donors (Lipinski definition) is 2. The number of carbonyl (C=O) groups excluding carboxylic acids is 1. The summed E-state index contributed by atoms with van der Waals surface area (Å²) in [6.07, 6.45) is 3.63. The van der Waals surface area contributed by atoms with Crippen molar-refractivity contribution in [3.05, 3.63) is 64.6 Å². The maximum atomic E-state index is 12.2. The molecular weight excluding hydrogens is 364 g/mol. The molecule has 0 radical (unpaired) electrons. The van der Waals surface area contributed by atoms with Crippen molar-refractivity contribution >= 4 is 17.4 Å². The predicted molar refractivity (Wildman–Crippen MR) is 104 cm³/mol. The van der Waals surface area contributed by atoms with E-state index in [1.54, 1.807) is 31.8 Å². The normalized spacial score (nSPS) is 11.6. The molecule has 0 aliphatic carbocycles. The maximum Gasteiger partial charge on any atom is 0.315 e. The number of carbonyl (C=O) groups is 1. The second-order valence-corrected chi connectivity index (χ2v) is 6.59. The summed E-state index contributed by atoms with van der Waals surface area (Å²) in [7, 11) is 3.17. The van der Waals surface area contributed by atoms with Gasteiger partial charge >= 0.3 is 6.03 Å². The first kappa shape index (κ1) is 18.8. The Labute approximate surface area is 161 Å². The standard InChI is InChI=1S/C19H22N4O3S/c1-25-17-5-4-14(10-18(17)26-2)11-20-19(24)21-12-16(15-6-9-27-13-15)23-8-3-7-22-23/h3-10,13,16H,11-12H2,1-2H3,(H2,20,21,24). The highest BCUT2D eigenvalue weighted by Gasteiger charge is 2.15. The number of nitrogens with one attached hydrogen (secondary N) is 2. The Kier molecular flexibility index (Phi) is 6.32. The molecule has 8 heteroatoms. The van der Waals surface area contributed by atoms with E-state index in [0.29, 0.717) is 24.6 Å². The second-order valence-electron chi connectivity index (χ2n) is 5.81. The summed E-state index contributed by atoms with van der Waals surface area (Å²) in [4.78, 5) is 12.2. The summed E-state index contributed by atoms with van der Waals surface area (Å²) in [6, 6.07) is 9.18. The maximum absolute atomic E-state index is 12.2. The minimum Gasteiger partial charge on any atom is -0.493 e. The Bertz CT molecular complexity index is 816. The number of hydrogen-bond acceptors (Lipinski definition) is 5. The van der Waals surface area contributed by atoms with E-state index < -0.39 is 0 Å². The van der Waals surface area contributed by atoms with Crippen LogP contribution in [-0.2, 0) is 6.54 Å². The third kappa shape index (κ3) is 4.79. The number of benzene rings is 1. The van der Waals surface area contributed by atoms with Crippen molar-refractivity contribution in [1.82, 2.24) is 20.4 Å². The minimum absolute atomic E-state index is 0.0434. The van der Waals surface area contributed by atoms with Crippen LogP contribution in [0.25, 0.3) is 0 Å². The van der Waals surface area contributed by atoms with Crippen LogP contribution in [0, 0.1) is 0 Å². The topological polar surface area (TPSA) is 77.4 Å². The Morgan fingerprint density at radius 1 is 1.22 bits per heavy atom. The van der Waals surface area contributed by atoms with Crippen LogP contribution in [-0.4, -0.2) is 36.6 Å². The molecule has 27 heavy (non-hydrogen) atoms. The number of methoxy groups -OCH3 is 2. The molecule has 142 valence electrons. The van der Waals surface area contributed by atoms with E-state index in [2.05, 4.69) is 21.1 Å². The van der Waals surface area contributed by atoms with Gasteiger partial charge in [-0.3, -0.25) is 4.68 Å². The van der Waals surface area contributed by atoms with Crippen LogP contribution in [0.4, 0.5) is 4.79 Å². The van der Waals surface area contributed by atoms with Gasteiger partial charge in [0.2, 0.25) is 0 Å². The van der Waals surface area contributed by atoms with E-state index in [-0.39, 0.29) is 12.1 Å². The minimum atomic E-state index is -0.239. The number of ether oxygens (including phenoxy) is 2. The number of rotatable bonds is 8. The zero-order chi connectivity index (χ0) is 19.1. The average Bonchev–Trinajstić information content (AvgIpc) is 3.41. The molecule has 1 unspecified atom stereocenters. The molecule has 0 aliphatic rings. The van der Waals surface area contributed by atoms with Crippen LogP contribution in [0.3, 0.4) is 0 Å². The molecule has 1 aromatic carbocycles. The third-order valence-corrected chi connectivity index (χ3v) is 4.83. The highest BCUT2D eigenvalue weighted by atomic mass is 32.1. The Hall–Kier alpha value is -3.00. The summed E-state index contributed by atoms with van der Waals surface area (Å²) in [5.41, 5.74) is 2.04. The molecular formula is C19H22N4O3S. The van der Waals surface area contributed by atoms with Gasteiger partial charge in [0.25, 0.3) is 0 Å². The van der Waals surface area contributed by atoms with Gasteiger partial charge in [-0.15, -0.1) is 0 Å². The lowest BCUT2D eigenvalue weighted by molar-refractivity contribution is 0.239. The molecule has 0 spiro atoms. The van der Waals surface area contributed by atoms with E-state index in [1.807, 2.05) is 46.6 Å². The van der Waals surface area contributed by atoms with E-state index in [4.69, 9.17) is 9.47 Å². The predicted octanol–water partition coefficient (Wildman–Crippen LogP) is 3.05. The molecule has 0 bridgehead atoms. The molecule has 0 saturated carbocycles. The molecule has 2 heterocycles. The Balaban J connectivity index is 1.56. The summed E-state index contributed by atoms with van der Waals surface area (Å²) in [5.74, 6) is 1.29. The number of aromatic nitrogens is 2. The summed E-state index contributed by atoms with van der Waals surface area (Å²) in [5, 5.41) is 14.2. The number of thiophene rings is 1. The van der Waals surface area contributed by atoms with E-state index >= 15 is 0 Å². The van der Waals surface area contributed by atoms with Crippen molar-refractivity contribution in [2.45, 2.75) is 12.6 Å². The molecule has 0 saturated heterocycles. The SMILES string of the molecule is COc1ccc(CNC(=O)NCC(c2ccsc2)n2cccn2)cc1OC. The first-order valence-electron chi connectivity index (χ1n) is 8.45. The van der Waals surface area contributed by atoms with Crippen LogP contribution in [0.5, 0.6) is 11.5 Å². The smallest absolute Gasteiger partial charge is 0.315 e. The number of nitrogens with zero attached hydrogens (tertiary/aromatic N) is 2. The molecule has 0 fully saturated rings. The van der Waals surface area contributed by atoms with Crippen molar-refractivity contribution in [2.75, 3.05) is 20.8 Å². The van der Waals surface area contributed by atoms with Gasteiger partial charge in [-0.25, -0.2) is 4.79 Å². The molecule has 7 nitrogen and oxygen atoms in total. The van der Waals surface area contributed by atoms with Gasteiger partial charge in [-0.1, -0.05) is 6.07 Å². The molecule has 3 rings (SSSR count). The lowest BCUT2D eigenvalue weighted by Gasteiger charge is -2.18. The fourth-order valence-corrected chi connectivity index (χ4v) is 3.43. The first-order valence-corrected chi connectivity index (χ1v) is 9.39. The van der Waals surface area contributed by atoms with Crippen molar-refractivity contribution in [1.29, 1.82) is 0 Å². The summed E-state index contributed by atoms with van der Waals surface area (Å²) < 4.78 is 12.3. The van der Waals surface area contributed by atoms with Crippen molar-refractivity contribution < 1.29 is 14.3 Å². The largest absolute Gasteiger partial charge is 0.493 e. The zero-order valence-electron chi connectivity index (χ0n) is 15.2. The molecule has 2 aromatic heterocycles. The van der Waals surface area contributed by atoms with Gasteiger partial charge < -0.3 is 20.1 Å². The highest BCUT2D eigenvalue weighted by Crippen LogP contribution is 2.27. The van der Waals surface area contributed by atoms with Crippen LogP contribution >= 0.6 is 11.3 Å². The second kappa shape index (κ2) is 9.09. The highest BCUT2D eigenvalue weighted by molar-refractivity contribution is 7.07. The quantitative estimate of drug-likeness (QED) is 0.624. The van der Waals surface area contributed by atoms with Crippen molar-refractivity contribution in [3.63, 3.8) is 0 Å². The lowest BCUT2D eigenvalue weighted by Crippen LogP contribution is -2.38. The van der Waals surface area contributed by atoms with E-state index in [1.165, 1.54) is 0 Å². The van der Waals surface area contributed by atoms with Gasteiger partial charge in [0.1, 0.15) is 0 Å². The monoisotopic (exact) mass is 386 g/mol. The fourth-order valence-electron chi connectivity index (χ4n) is 2.72. The lowest BCUT2D eigenvalue weighted by atomic mass is 10.1. The zero-order valence-corrected chi connectivity index (χ0v) is 16.0. The van der Waals surface area contributed by atoms with Gasteiger partial charge in [-0.2, -0.15) is 16.4 Å².